The van der Waals surface area contributed by atoms with Crippen molar-refractivity contribution in [1.29, 1.82) is 0 Å². The summed E-state index contributed by atoms with van der Waals surface area (Å²) in [7, 11) is 0. The summed E-state index contributed by atoms with van der Waals surface area (Å²) < 4.78 is 0.339. The fourth-order valence-electron chi connectivity index (χ4n) is 1.03. The first-order valence-electron chi connectivity index (χ1n) is 3.86. The van der Waals surface area contributed by atoms with Gasteiger partial charge in [-0.15, -0.1) is 0 Å². The van der Waals surface area contributed by atoms with E-state index in [-0.39, 0.29) is 9.13 Å². The fourth-order valence-corrected chi connectivity index (χ4v) is 1.03. The minimum absolute atomic E-state index is 0.169. The second-order valence-corrected chi connectivity index (χ2v) is 2.73. The van der Waals surface area contributed by atoms with E-state index in [0.717, 1.165) is 13.8 Å². The Kier molecular flexibility index (Phi) is 2.51. The average molecular weight is 213 g/mol. The summed E-state index contributed by atoms with van der Waals surface area (Å²) in [4.78, 5) is 56.9. The zero-order valence-electron chi connectivity index (χ0n) is 7.94. The lowest BCUT2D eigenvalue weighted by Crippen LogP contribution is -2.52. The van der Waals surface area contributed by atoms with Gasteiger partial charge in [0.15, 0.2) is 0 Å². The van der Waals surface area contributed by atoms with Crippen molar-refractivity contribution in [2.45, 2.75) is 13.8 Å². The first kappa shape index (κ1) is 10.8. The number of hydrogen-bond acceptors (Lipinski definition) is 5. The maximum Gasteiger partial charge on any atom is 0.350 e. The van der Waals surface area contributed by atoms with Gasteiger partial charge in [-0.2, -0.15) is 9.13 Å². The summed E-state index contributed by atoms with van der Waals surface area (Å²) in [6, 6.07) is 0. The molecule has 0 unspecified atom stereocenters. The Morgan fingerprint density at radius 2 is 1.27 bits per heavy atom. The molecule has 0 aliphatic heterocycles. The Hall–Kier alpha value is -2.25. The standard InChI is InChI=1S/C7H7N3O5/c1-3(11)9-5(13)8-6(14)10(4(2)12)7(9)15/h1-2H3,(H,8,13,14). The van der Waals surface area contributed by atoms with Gasteiger partial charge in [0.1, 0.15) is 0 Å². The highest BCUT2D eigenvalue weighted by molar-refractivity contribution is 5.78. The quantitative estimate of drug-likeness (QED) is 0.536. The first-order valence-corrected chi connectivity index (χ1v) is 3.86. The third-order valence-electron chi connectivity index (χ3n) is 1.63. The molecule has 0 spiro atoms. The lowest BCUT2D eigenvalue weighted by molar-refractivity contribution is 0.0900. The minimum Gasteiger partial charge on any atom is -0.274 e. The third-order valence-corrected chi connectivity index (χ3v) is 1.63. The molecule has 15 heavy (non-hydrogen) atoms. The van der Waals surface area contributed by atoms with E-state index >= 15 is 0 Å². The monoisotopic (exact) mass is 213 g/mol. The molecule has 8 heteroatoms. The van der Waals surface area contributed by atoms with Gasteiger partial charge >= 0.3 is 17.1 Å². The van der Waals surface area contributed by atoms with Crippen molar-refractivity contribution in [2.75, 3.05) is 0 Å². The van der Waals surface area contributed by atoms with Crippen molar-refractivity contribution >= 4 is 11.8 Å². The van der Waals surface area contributed by atoms with Crippen molar-refractivity contribution in [1.82, 2.24) is 14.1 Å². The van der Waals surface area contributed by atoms with Crippen molar-refractivity contribution in [3.8, 4) is 0 Å². The number of nitrogens with zero attached hydrogens (tertiary/aromatic N) is 2. The molecule has 1 aromatic rings. The molecule has 80 valence electrons. The van der Waals surface area contributed by atoms with Crippen LogP contribution in [-0.2, 0) is 0 Å². The van der Waals surface area contributed by atoms with Gasteiger partial charge in [0.2, 0.25) is 11.8 Å². The van der Waals surface area contributed by atoms with E-state index in [9.17, 15) is 24.0 Å². The molecule has 1 heterocycles. The molecule has 0 bridgehead atoms. The summed E-state index contributed by atoms with van der Waals surface area (Å²) >= 11 is 0. The molecular formula is C7H7N3O5. The van der Waals surface area contributed by atoms with Crippen LogP contribution in [0.25, 0.3) is 0 Å². The average Bonchev–Trinajstić information content (AvgIpc) is 1.99. The predicted molar refractivity (Wildman–Crippen MR) is 48.2 cm³/mol. The van der Waals surface area contributed by atoms with Crippen molar-refractivity contribution < 1.29 is 9.59 Å². The van der Waals surface area contributed by atoms with Crippen LogP contribution in [0.2, 0.25) is 0 Å². The number of nitrogens with one attached hydrogen (secondary N) is 1. The van der Waals surface area contributed by atoms with Crippen LogP contribution in [0, 0.1) is 0 Å². The van der Waals surface area contributed by atoms with Crippen LogP contribution in [0.1, 0.15) is 23.4 Å². The van der Waals surface area contributed by atoms with Crippen molar-refractivity contribution in [2.24, 2.45) is 0 Å². The Balaban J connectivity index is 3.90. The van der Waals surface area contributed by atoms with Gasteiger partial charge in [-0.1, -0.05) is 0 Å². The summed E-state index contributed by atoms with van der Waals surface area (Å²) in [5.41, 5.74) is -3.58. The lowest BCUT2D eigenvalue weighted by atomic mass is 10.6. The number of rotatable bonds is 0. The van der Waals surface area contributed by atoms with Crippen LogP contribution in [0.15, 0.2) is 14.4 Å². The van der Waals surface area contributed by atoms with Gasteiger partial charge in [-0.05, 0) is 0 Å². The Morgan fingerprint density at radius 3 is 1.53 bits per heavy atom. The van der Waals surface area contributed by atoms with Gasteiger partial charge in [0.05, 0.1) is 0 Å². The molecule has 1 rings (SSSR count). The zero-order chi connectivity index (χ0) is 11.7. The molecule has 1 N–H and O–H groups in total. The lowest BCUT2D eigenvalue weighted by Gasteiger charge is -2.01. The SMILES string of the molecule is CC(=O)n1c(=O)[nH]c(=O)n(C(C)=O)c1=O. The number of H-pyrrole nitrogens is 1. The molecule has 0 aromatic carbocycles. The van der Waals surface area contributed by atoms with E-state index in [1.807, 2.05) is 0 Å². The molecule has 0 amide bonds. The van der Waals surface area contributed by atoms with E-state index in [4.69, 9.17) is 0 Å². The topological polar surface area (TPSA) is 111 Å². The second-order valence-electron chi connectivity index (χ2n) is 2.73. The van der Waals surface area contributed by atoms with Crippen LogP contribution in [0.4, 0.5) is 0 Å². The summed E-state index contributed by atoms with van der Waals surface area (Å²) in [6.45, 7) is 1.93. The minimum atomic E-state index is -1.26. The van der Waals surface area contributed by atoms with E-state index in [1.165, 1.54) is 0 Å². The molecule has 0 aliphatic rings. The Morgan fingerprint density at radius 1 is 0.933 bits per heavy atom. The molecular weight excluding hydrogens is 206 g/mol. The maximum absolute atomic E-state index is 11.4. The predicted octanol–water partition coefficient (Wildman–Crippen LogP) is -1.98. The van der Waals surface area contributed by atoms with Crippen LogP contribution >= 0.6 is 0 Å². The number of aromatic amines is 1. The van der Waals surface area contributed by atoms with Gasteiger partial charge in [0, 0.05) is 13.8 Å². The number of carbonyl (C=O) groups is 2. The van der Waals surface area contributed by atoms with Crippen LogP contribution in [0.3, 0.4) is 0 Å². The van der Waals surface area contributed by atoms with E-state index in [2.05, 4.69) is 0 Å². The largest absolute Gasteiger partial charge is 0.350 e. The number of aromatic nitrogens is 3. The zero-order valence-corrected chi connectivity index (χ0v) is 7.94. The maximum atomic E-state index is 11.4. The normalized spacial score (nSPS) is 10.0. The van der Waals surface area contributed by atoms with E-state index in [1.54, 1.807) is 4.98 Å². The second kappa shape index (κ2) is 3.48. The van der Waals surface area contributed by atoms with Gasteiger partial charge in [0.25, 0.3) is 0 Å². The highest BCUT2D eigenvalue weighted by atomic mass is 16.2. The Bertz CT molecular complexity index is 553. The van der Waals surface area contributed by atoms with Crippen LogP contribution < -0.4 is 17.1 Å². The van der Waals surface area contributed by atoms with E-state index in [0.29, 0.717) is 0 Å². The number of hydrogen-bond donors (Lipinski definition) is 1. The van der Waals surface area contributed by atoms with Gasteiger partial charge in [-0.3, -0.25) is 14.6 Å². The van der Waals surface area contributed by atoms with Gasteiger partial charge < -0.3 is 0 Å². The smallest absolute Gasteiger partial charge is 0.274 e. The molecule has 0 atom stereocenters. The third kappa shape index (κ3) is 1.68. The summed E-state index contributed by atoms with van der Waals surface area (Å²) in [5, 5.41) is 0. The molecule has 0 radical (unpaired) electrons. The van der Waals surface area contributed by atoms with Gasteiger partial charge in [-0.25, -0.2) is 14.4 Å². The molecule has 8 nitrogen and oxygen atoms in total. The molecule has 0 saturated heterocycles. The van der Waals surface area contributed by atoms with Crippen LogP contribution in [0.5, 0.6) is 0 Å². The summed E-state index contributed by atoms with van der Waals surface area (Å²) in [6.07, 6.45) is 0. The molecule has 0 saturated carbocycles. The van der Waals surface area contributed by atoms with Crippen LogP contribution in [-0.4, -0.2) is 25.9 Å². The fraction of sp³-hybridized carbons (Fsp3) is 0.286. The highest BCUT2D eigenvalue weighted by Crippen LogP contribution is 1.71. The number of carbonyl (C=O) groups excluding carboxylic acids is 2. The Labute approximate surface area is 81.8 Å². The highest BCUT2D eigenvalue weighted by Gasteiger charge is 2.14. The van der Waals surface area contributed by atoms with Crippen molar-refractivity contribution in [3.05, 3.63) is 31.5 Å². The molecule has 0 aliphatic carbocycles. The summed E-state index contributed by atoms with van der Waals surface area (Å²) in [5.74, 6) is -1.76. The molecule has 1 aromatic heterocycles. The van der Waals surface area contributed by atoms with E-state index < -0.39 is 28.9 Å². The first-order chi connectivity index (χ1) is 6.86. The molecule has 0 fully saturated rings. The van der Waals surface area contributed by atoms with Crippen molar-refractivity contribution in [3.63, 3.8) is 0 Å².